The highest BCUT2D eigenvalue weighted by molar-refractivity contribution is 9.10. The Morgan fingerprint density at radius 1 is 0.800 bits per heavy atom. The van der Waals surface area contributed by atoms with Gasteiger partial charge in [0.05, 0.1) is 18.8 Å². The molecule has 210 valence electrons. The summed E-state index contributed by atoms with van der Waals surface area (Å²) in [4.78, 5) is 33.4. The van der Waals surface area contributed by atoms with Gasteiger partial charge in [-0.1, -0.05) is 46.3 Å². The summed E-state index contributed by atoms with van der Waals surface area (Å²) < 4.78 is 6.34. The van der Waals surface area contributed by atoms with Crippen LogP contribution in [0.25, 0.3) is 0 Å². The average Bonchev–Trinajstić information content (AvgIpc) is 2.99. The molecule has 2 saturated heterocycles. The van der Waals surface area contributed by atoms with E-state index in [-0.39, 0.29) is 11.8 Å². The molecule has 0 spiro atoms. The Balaban J connectivity index is 1.28. The predicted molar refractivity (Wildman–Crippen MR) is 162 cm³/mol. The Labute approximate surface area is 244 Å². The van der Waals surface area contributed by atoms with Gasteiger partial charge in [0.15, 0.2) is 0 Å². The predicted octanol–water partition coefficient (Wildman–Crippen LogP) is 4.09. The number of nitrogens with one attached hydrogen (secondary N) is 2. The van der Waals surface area contributed by atoms with Crippen LogP contribution < -0.4 is 15.5 Å². The van der Waals surface area contributed by atoms with E-state index in [0.29, 0.717) is 23.4 Å². The number of hydrogen-bond acceptors (Lipinski definition) is 6. The largest absolute Gasteiger partial charge is 0.379 e. The number of benzene rings is 3. The molecule has 2 amide bonds. The van der Waals surface area contributed by atoms with Crippen molar-refractivity contribution in [3.8, 4) is 0 Å². The molecule has 2 heterocycles. The van der Waals surface area contributed by atoms with E-state index in [2.05, 4.69) is 65.5 Å². The highest BCUT2D eigenvalue weighted by atomic mass is 79.9. The number of ether oxygens (including phenoxy) is 1. The summed E-state index contributed by atoms with van der Waals surface area (Å²) in [6, 6.07) is 23.4. The third-order valence-electron chi connectivity index (χ3n) is 7.38. The van der Waals surface area contributed by atoms with Crippen molar-refractivity contribution in [2.75, 3.05) is 75.8 Å². The molecule has 2 fully saturated rings. The molecule has 40 heavy (non-hydrogen) atoms. The third kappa shape index (κ3) is 7.69. The topological polar surface area (TPSA) is 77.2 Å². The van der Waals surface area contributed by atoms with E-state index in [0.717, 1.165) is 75.7 Å². The molecule has 0 unspecified atom stereocenters. The minimum atomic E-state index is -0.214. The molecule has 0 radical (unpaired) electrons. The van der Waals surface area contributed by atoms with E-state index in [1.807, 2.05) is 30.3 Å². The van der Waals surface area contributed by atoms with Crippen molar-refractivity contribution in [1.29, 1.82) is 0 Å². The van der Waals surface area contributed by atoms with E-state index in [9.17, 15) is 9.59 Å². The van der Waals surface area contributed by atoms with Gasteiger partial charge < -0.3 is 20.3 Å². The highest BCUT2D eigenvalue weighted by Gasteiger charge is 2.23. The fourth-order valence-electron chi connectivity index (χ4n) is 5.11. The van der Waals surface area contributed by atoms with Gasteiger partial charge in [-0.15, -0.1) is 0 Å². The first-order valence-corrected chi connectivity index (χ1v) is 14.6. The molecular weight excluding hydrogens is 570 g/mol. The highest BCUT2D eigenvalue weighted by Crippen LogP contribution is 2.27. The fourth-order valence-corrected chi connectivity index (χ4v) is 5.38. The van der Waals surface area contributed by atoms with Crippen LogP contribution in [0.4, 0.5) is 11.4 Å². The Morgan fingerprint density at radius 2 is 1.52 bits per heavy atom. The second-order valence-corrected chi connectivity index (χ2v) is 11.1. The number of piperazine rings is 1. The van der Waals surface area contributed by atoms with Gasteiger partial charge in [0.25, 0.3) is 11.8 Å². The van der Waals surface area contributed by atoms with Crippen molar-refractivity contribution >= 4 is 39.1 Å². The number of carbonyl (C=O) groups excluding carboxylic acids is 2. The van der Waals surface area contributed by atoms with E-state index in [4.69, 9.17) is 4.74 Å². The molecule has 0 bridgehead atoms. The molecule has 3 aromatic rings. The number of amides is 2. The second kappa shape index (κ2) is 13.9. The quantitative estimate of drug-likeness (QED) is 0.383. The Bertz CT molecular complexity index is 1270. The normalized spacial score (nSPS) is 16.5. The molecule has 2 N–H and O–H groups in total. The number of anilines is 2. The molecule has 2 aliphatic rings. The van der Waals surface area contributed by atoms with Gasteiger partial charge in [0, 0.05) is 80.3 Å². The number of halogens is 1. The lowest BCUT2D eigenvalue weighted by Crippen LogP contribution is -2.46. The van der Waals surface area contributed by atoms with Crippen molar-refractivity contribution in [2.45, 2.75) is 6.54 Å². The number of carbonyl (C=O) groups is 2. The third-order valence-corrected chi connectivity index (χ3v) is 7.91. The monoisotopic (exact) mass is 605 g/mol. The van der Waals surface area contributed by atoms with Crippen LogP contribution in [-0.4, -0.2) is 87.2 Å². The minimum Gasteiger partial charge on any atom is -0.379 e. The number of morpholine rings is 1. The van der Waals surface area contributed by atoms with Gasteiger partial charge in [0.2, 0.25) is 0 Å². The zero-order valence-electron chi connectivity index (χ0n) is 22.7. The van der Waals surface area contributed by atoms with Crippen LogP contribution in [0.2, 0.25) is 0 Å². The first-order valence-electron chi connectivity index (χ1n) is 13.9. The summed E-state index contributed by atoms with van der Waals surface area (Å²) in [7, 11) is 0. The standard InChI is InChI=1S/C31H36BrN5O3/c32-26-8-6-25(7-9-26)30(38)34-27-10-11-29(28(22-27)31(39)33-12-13-35-18-20-40-21-19-35)37-16-14-36(15-17-37)23-24-4-2-1-3-5-24/h1-11,22H,12-21,23H2,(H,33,39)(H,34,38). The first-order chi connectivity index (χ1) is 19.5. The summed E-state index contributed by atoms with van der Waals surface area (Å²) in [6.07, 6.45) is 0. The molecule has 9 heteroatoms. The molecule has 0 aliphatic carbocycles. The van der Waals surface area contributed by atoms with Crippen LogP contribution in [-0.2, 0) is 11.3 Å². The van der Waals surface area contributed by atoms with E-state index < -0.39 is 0 Å². The lowest BCUT2D eigenvalue weighted by atomic mass is 10.1. The number of nitrogens with zero attached hydrogens (tertiary/aromatic N) is 3. The van der Waals surface area contributed by atoms with Crippen LogP contribution in [0.15, 0.2) is 77.3 Å². The molecular formula is C31H36BrN5O3. The smallest absolute Gasteiger partial charge is 0.255 e. The second-order valence-electron chi connectivity index (χ2n) is 10.2. The van der Waals surface area contributed by atoms with Crippen molar-refractivity contribution < 1.29 is 14.3 Å². The van der Waals surface area contributed by atoms with Crippen LogP contribution in [0.1, 0.15) is 26.3 Å². The zero-order valence-corrected chi connectivity index (χ0v) is 24.2. The van der Waals surface area contributed by atoms with Crippen LogP contribution >= 0.6 is 15.9 Å². The van der Waals surface area contributed by atoms with Gasteiger partial charge in [-0.2, -0.15) is 0 Å². The van der Waals surface area contributed by atoms with Gasteiger partial charge in [-0.05, 0) is 48.0 Å². The number of hydrogen-bond donors (Lipinski definition) is 2. The van der Waals surface area contributed by atoms with Crippen LogP contribution in [0.3, 0.4) is 0 Å². The van der Waals surface area contributed by atoms with E-state index in [1.54, 1.807) is 18.2 Å². The molecule has 2 aliphatic heterocycles. The van der Waals surface area contributed by atoms with Crippen molar-refractivity contribution in [2.24, 2.45) is 0 Å². The van der Waals surface area contributed by atoms with Crippen molar-refractivity contribution in [1.82, 2.24) is 15.1 Å². The molecule has 8 nitrogen and oxygen atoms in total. The van der Waals surface area contributed by atoms with Crippen molar-refractivity contribution in [3.63, 3.8) is 0 Å². The molecule has 0 aromatic heterocycles. The first kappa shape index (κ1) is 28.3. The van der Waals surface area contributed by atoms with E-state index in [1.165, 1.54) is 5.56 Å². The molecule has 5 rings (SSSR count). The summed E-state index contributed by atoms with van der Waals surface area (Å²) in [5.41, 5.74) is 3.93. The molecule has 0 saturated carbocycles. The SMILES string of the molecule is O=C(Nc1ccc(N2CCN(Cc3ccccc3)CC2)c(C(=O)NCCN2CCOCC2)c1)c1ccc(Br)cc1. The van der Waals surface area contributed by atoms with Crippen LogP contribution in [0, 0.1) is 0 Å². The molecule has 3 aromatic carbocycles. The lowest BCUT2D eigenvalue weighted by Gasteiger charge is -2.37. The maximum absolute atomic E-state index is 13.5. The van der Waals surface area contributed by atoms with Gasteiger partial charge in [0.1, 0.15) is 0 Å². The number of rotatable bonds is 9. The summed E-state index contributed by atoms with van der Waals surface area (Å²) >= 11 is 3.41. The maximum Gasteiger partial charge on any atom is 0.255 e. The summed E-state index contributed by atoms with van der Waals surface area (Å²) in [5, 5.41) is 6.07. The summed E-state index contributed by atoms with van der Waals surface area (Å²) in [6.45, 7) is 8.95. The lowest BCUT2D eigenvalue weighted by molar-refractivity contribution is 0.0383. The Kier molecular flexibility index (Phi) is 9.83. The van der Waals surface area contributed by atoms with Gasteiger partial charge in [-0.25, -0.2) is 0 Å². The average molecular weight is 607 g/mol. The fraction of sp³-hybridized carbons (Fsp3) is 0.355. The van der Waals surface area contributed by atoms with E-state index >= 15 is 0 Å². The minimum absolute atomic E-state index is 0.130. The Morgan fingerprint density at radius 3 is 2.25 bits per heavy atom. The van der Waals surface area contributed by atoms with Gasteiger partial charge >= 0.3 is 0 Å². The van der Waals surface area contributed by atoms with Crippen LogP contribution in [0.5, 0.6) is 0 Å². The maximum atomic E-state index is 13.5. The molecule has 0 atom stereocenters. The summed E-state index contributed by atoms with van der Waals surface area (Å²) in [5.74, 6) is -0.344. The Hall–Kier alpha value is -3.24. The zero-order chi connectivity index (χ0) is 27.7. The van der Waals surface area contributed by atoms with Gasteiger partial charge in [-0.3, -0.25) is 19.4 Å². The van der Waals surface area contributed by atoms with Crippen molar-refractivity contribution in [3.05, 3.63) is 94.0 Å².